The molecule has 0 radical (unpaired) electrons. The van der Waals surface area contributed by atoms with Crippen molar-refractivity contribution in [2.45, 2.75) is 19.8 Å². The van der Waals surface area contributed by atoms with Crippen molar-refractivity contribution in [2.24, 2.45) is 0 Å². The molecule has 1 heterocycles. The van der Waals surface area contributed by atoms with Crippen molar-refractivity contribution in [1.29, 1.82) is 0 Å². The Morgan fingerprint density at radius 3 is 2.52 bits per heavy atom. The number of benzene rings is 2. The summed E-state index contributed by atoms with van der Waals surface area (Å²) in [6.45, 7) is 4.08. The van der Waals surface area contributed by atoms with Gasteiger partial charge < -0.3 is 19.8 Å². The van der Waals surface area contributed by atoms with Crippen LogP contribution in [0.5, 0.6) is 11.5 Å². The second-order valence-electron chi connectivity index (χ2n) is 6.50. The molecule has 0 bridgehead atoms. The Hall–Kier alpha value is -3.28. The molecule has 6 nitrogen and oxygen atoms in total. The predicted molar refractivity (Wildman–Crippen MR) is 106 cm³/mol. The van der Waals surface area contributed by atoms with E-state index in [0.29, 0.717) is 28.3 Å². The van der Waals surface area contributed by atoms with Crippen LogP contribution in [0.4, 0.5) is 5.69 Å². The zero-order valence-electron chi connectivity index (χ0n) is 15.8. The van der Waals surface area contributed by atoms with Crippen molar-refractivity contribution in [3.05, 3.63) is 63.9 Å². The first-order valence-corrected chi connectivity index (χ1v) is 8.64. The van der Waals surface area contributed by atoms with Crippen LogP contribution in [-0.4, -0.2) is 25.1 Å². The average Bonchev–Trinajstić information content (AvgIpc) is 2.66. The summed E-state index contributed by atoms with van der Waals surface area (Å²) in [7, 11) is 3.01. The number of carbonyl (C=O) groups excluding carboxylic acids is 1. The number of fused-ring (bicyclic) bond motifs is 1. The number of nitrogens with one attached hydrogen (secondary N) is 2. The van der Waals surface area contributed by atoms with Crippen LogP contribution in [0, 0.1) is 0 Å². The summed E-state index contributed by atoms with van der Waals surface area (Å²) in [5.74, 6) is 0.743. The number of H-pyrrole nitrogens is 1. The predicted octanol–water partition coefficient (Wildman–Crippen LogP) is 3.92. The van der Waals surface area contributed by atoms with Crippen LogP contribution in [0.3, 0.4) is 0 Å². The van der Waals surface area contributed by atoms with Crippen LogP contribution in [0.2, 0.25) is 0 Å². The van der Waals surface area contributed by atoms with Crippen molar-refractivity contribution in [1.82, 2.24) is 4.98 Å². The van der Waals surface area contributed by atoms with E-state index >= 15 is 0 Å². The van der Waals surface area contributed by atoms with Gasteiger partial charge in [-0.1, -0.05) is 26.0 Å². The van der Waals surface area contributed by atoms with Crippen LogP contribution in [-0.2, 0) is 0 Å². The van der Waals surface area contributed by atoms with Gasteiger partial charge in [-0.25, -0.2) is 0 Å². The van der Waals surface area contributed by atoms with E-state index < -0.39 is 0 Å². The lowest BCUT2D eigenvalue weighted by atomic mass is 9.99. The molecule has 0 aliphatic heterocycles. The molecule has 0 atom stereocenters. The minimum Gasteiger partial charge on any atom is -0.493 e. The first-order chi connectivity index (χ1) is 12.9. The Morgan fingerprint density at radius 2 is 1.85 bits per heavy atom. The normalized spacial score (nSPS) is 10.9. The maximum Gasteiger partial charge on any atom is 0.259 e. The number of carbonyl (C=O) groups is 1. The number of pyridine rings is 1. The molecule has 1 aromatic heterocycles. The summed E-state index contributed by atoms with van der Waals surface area (Å²) in [5.41, 5.74) is 2.43. The molecule has 140 valence electrons. The van der Waals surface area contributed by atoms with Crippen LogP contribution >= 0.6 is 0 Å². The number of ether oxygens (including phenoxy) is 2. The van der Waals surface area contributed by atoms with Gasteiger partial charge >= 0.3 is 0 Å². The molecule has 0 spiro atoms. The van der Waals surface area contributed by atoms with Gasteiger partial charge in [0, 0.05) is 17.1 Å². The zero-order chi connectivity index (χ0) is 19.6. The van der Waals surface area contributed by atoms with E-state index in [-0.39, 0.29) is 17.4 Å². The average molecular weight is 366 g/mol. The number of rotatable bonds is 5. The van der Waals surface area contributed by atoms with Crippen molar-refractivity contribution in [3.63, 3.8) is 0 Å². The smallest absolute Gasteiger partial charge is 0.259 e. The fourth-order valence-corrected chi connectivity index (χ4v) is 3.11. The van der Waals surface area contributed by atoms with Gasteiger partial charge in [-0.15, -0.1) is 0 Å². The van der Waals surface area contributed by atoms with Gasteiger partial charge in [0.2, 0.25) is 5.56 Å². The maximum absolute atomic E-state index is 12.7. The number of amides is 1. The number of aromatic nitrogens is 1. The van der Waals surface area contributed by atoms with Gasteiger partial charge in [0.15, 0.2) is 11.5 Å². The molecule has 0 aliphatic carbocycles. The lowest BCUT2D eigenvalue weighted by Gasteiger charge is -2.14. The highest BCUT2D eigenvalue weighted by Gasteiger charge is 2.17. The molecule has 27 heavy (non-hydrogen) atoms. The van der Waals surface area contributed by atoms with E-state index in [4.69, 9.17) is 9.47 Å². The molecule has 0 unspecified atom stereocenters. The Bertz CT molecular complexity index is 1050. The zero-order valence-corrected chi connectivity index (χ0v) is 15.8. The maximum atomic E-state index is 12.7. The number of para-hydroxylation sites is 1. The molecule has 3 aromatic rings. The van der Waals surface area contributed by atoms with E-state index in [1.807, 2.05) is 26.0 Å². The summed E-state index contributed by atoms with van der Waals surface area (Å²) in [4.78, 5) is 27.5. The third-order valence-corrected chi connectivity index (χ3v) is 4.40. The minimum atomic E-state index is -0.326. The molecule has 2 aromatic carbocycles. The molecule has 0 aliphatic rings. The van der Waals surface area contributed by atoms with Crippen LogP contribution in [0.15, 0.2) is 47.3 Å². The van der Waals surface area contributed by atoms with E-state index in [0.717, 1.165) is 10.9 Å². The van der Waals surface area contributed by atoms with Crippen molar-refractivity contribution in [2.75, 3.05) is 19.5 Å². The molecule has 1 amide bonds. The van der Waals surface area contributed by atoms with E-state index in [2.05, 4.69) is 10.3 Å². The highest BCUT2D eigenvalue weighted by Crippen LogP contribution is 2.31. The molecular weight excluding hydrogens is 344 g/mol. The van der Waals surface area contributed by atoms with Gasteiger partial charge in [-0.2, -0.15) is 0 Å². The third-order valence-electron chi connectivity index (χ3n) is 4.40. The van der Waals surface area contributed by atoms with Gasteiger partial charge in [0.1, 0.15) is 0 Å². The van der Waals surface area contributed by atoms with Gasteiger partial charge in [0.05, 0.1) is 25.3 Å². The Labute approximate surface area is 157 Å². The summed E-state index contributed by atoms with van der Waals surface area (Å²) >= 11 is 0. The van der Waals surface area contributed by atoms with Gasteiger partial charge in [-0.3, -0.25) is 9.59 Å². The fraction of sp³-hybridized carbons (Fsp3) is 0.238. The number of hydrogen-bond donors (Lipinski definition) is 2. The van der Waals surface area contributed by atoms with Crippen LogP contribution in [0.25, 0.3) is 10.9 Å². The van der Waals surface area contributed by atoms with Crippen LogP contribution < -0.4 is 20.3 Å². The Morgan fingerprint density at radius 1 is 1.07 bits per heavy atom. The minimum absolute atomic E-state index is 0.163. The second-order valence-corrected chi connectivity index (χ2v) is 6.50. The molecule has 0 saturated heterocycles. The van der Waals surface area contributed by atoms with Crippen molar-refractivity contribution < 1.29 is 14.3 Å². The molecule has 0 saturated carbocycles. The topological polar surface area (TPSA) is 80.4 Å². The lowest BCUT2D eigenvalue weighted by molar-refractivity contribution is 0.102. The number of methoxy groups -OCH3 is 2. The van der Waals surface area contributed by atoms with Crippen molar-refractivity contribution >= 4 is 22.5 Å². The summed E-state index contributed by atoms with van der Waals surface area (Å²) in [5, 5.41) is 3.81. The lowest BCUT2D eigenvalue weighted by Crippen LogP contribution is -2.14. The van der Waals surface area contributed by atoms with E-state index in [9.17, 15) is 9.59 Å². The summed E-state index contributed by atoms with van der Waals surface area (Å²) in [6, 6.07) is 12.2. The highest BCUT2D eigenvalue weighted by atomic mass is 16.5. The molecule has 0 fully saturated rings. The Kier molecular flexibility index (Phi) is 5.16. The first-order valence-electron chi connectivity index (χ1n) is 8.64. The van der Waals surface area contributed by atoms with Crippen molar-refractivity contribution in [3.8, 4) is 11.5 Å². The number of anilines is 1. The molecule has 2 N–H and O–H groups in total. The standard InChI is InChI=1S/C21H22N2O4/c1-12(2)16-11-19(24)23-17-10-13(8-9-14(16)17)22-21(25)15-6-5-7-18(26-3)20(15)27-4/h5-12H,1-4H3,(H,22,25)(H,23,24). The number of hydrogen-bond acceptors (Lipinski definition) is 4. The van der Waals surface area contributed by atoms with Gasteiger partial charge in [-0.05, 0) is 35.7 Å². The largest absolute Gasteiger partial charge is 0.493 e. The first kappa shape index (κ1) is 18.5. The van der Waals surface area contributed by atoms with Crippen LogP contribution in [0.1, 0.15) is 35.7 Å². The summed E-state index contributed by atoms with van der Waals surface area (Å²) in [6.07, 6.45) is 0. The Balaban J connectivity index is 1.98. The van der Waals surface area contributed by atoms with E-state index in [1.165, 1.54) is 14.2 Å². The molecular formula is C21H22N2O4. The van der Waals surface area contributed by atoms with E-state index in [1.54, 1.807) is 30.3 Å². The number of aromatic amines is 1. The second kappa shape index (κ2) is 7.53. The molecule has 3 rings (SSSR count). The monoisotopic (exact) mass is 366 g/mol. The quantitative estimate of drug-likeness (QED) is 0.717. The van der Waals surface area contributed by atoms with Gasteiger partial charge in [0.25, 0.3) is 5.91 Å². The molecule has 6 heteroatoms. The highest BCUT2D eigenvalue weighted by molar-refractivity contribution is 6.07. The third kappa shape index (κ3) is 3.65. The summed E-state index contributed by atoms with van der Waals surface area (Å²) < 4.78 is 10.6. The SMILES string of the molecule is COc1cccc(C(=O)Nc2ccc3c(C(C)C)cc(=O)[nH]c3c2)c1OC. The fourth-order valence-electron chi connectivity index (χ4n) is 3.11.